The molecule has 0 spiro atoms. The first-order valence-electron chi connectivity index (χ1n) is 7.10. The van der Waals surface area contributed by atoms with Gasteiger partial charge in [0.05, 0.1) is 0 Å². The smallest absolute Gasteiger partial charge is 0.282 e. The lowest BCUT2D eigenvalue weighted by atomic mass is 9.99. The van der Waals surface area contributed by atoms with Gasteiger partial charge in [0, 0.05) is 38.8 Å². The summed E-state index contributed by atoms with van der Waals surface area (Å²) >= 11 is 0. The minimum absolute atomic E-state index is 0.0518. The predicted octanol–water partition coefficient (Wildman–Crippen LogP) is -0.462. The van der Waals surface area contributed by atoms with Gasteiger partial charge in [0.1, 0.15) is 0 Å². The normalized spacial score (nSPS) is 29.7. The Kier molecular flexibility index (Phi) is 4.84. The summed E-state index contributed by atoms with van der Waals surface area (Å²) in [6.07, 6.45) is 1.77. The van der Waals surface area contributed by atoms with Gasteiger partial charge in [0.15, 0.2) is 0 Å². The van der Waals surface area contributed by atoms with Gasteiger partial charge in [-0.15, -0.1) is 0 Å². The zero-order valence-corrected chi connectivity index (χ0v) is 12.8. The summed E-state index contributed by atoms with van der Waals surface area (Å²) in [7, 11) is -1.26. The second kappa shape index (κ2) is 6.05. The van der Waals surface area contributed by atoms with Crippen molar-refractivity contribution >= 4 is 10.2 Å². The Morgan fingerprint density at radius 1 is 1.16 bits per heavy atom. The van der Waals surface area contributed by atoms with Crippen molar-refractivity contribution in [1.82, 2.24) is 13.5 Å². The van der Waals surface area contributed by atoms with Crippen molar-refractivity contribution in [2.45, 2.75) is 25.8 Å². The van der Waals surface area contributed by atoms with Gasteiger partial charge >= 0.3 is 0 Å². The maximum absolute atomic E-state index is 12.7. The topological polar surface area (TPSA) is 69.9 Å². The molecule has 0 aromatic heterocycles. The van der Waals surface area contributed by atoms with E-state index in [4.69, 9.17) is 5.73 Å². The SMILES string of the molecule is CC1CN(C)CCN1S(=O)(=O)N1CCC(CN)CC1. The molecule has 2 saturated heterocycles. The summed E-state index contributed by atoms with van der Waals surface area (Å²) in [5.41, 5.74) is 5.65. The standard InChI is InChI=1S/C12H26N4O2S/c1-11-10-14(2)7-8-16(11)19(17,18)15-5-3-12(9-13)4-6-15/h11-12H,3-10,13H2,1-2H3. The first-order chi connectivity index (χ1) is 8.95. The van der Waals surface area contributed by atoms with Crippen molar-refractivity contribution in [3.05, 3.63) is 0 Å². The fourth-order valence-electron chi connectivity index (χ4n) is 2.99. The van der Waals surface area contributed by atoms with Gasteiger partial charge in [-0.1, -0.05) is 0 Å². The molecule has 2 aliphatic heterocycles. The molecule has 2 aliphatic rings. The molecule has 0 bridgehead atoms. The largest absolute Gasteiger partial charge is 0.330 e. The number of nitrogens with two attached hydrogens (primary N) is 1. The highest BCUT2D eigenvalue weighted by Gasteiger charge is 2.37. The van der Waals surface area contributed by atoms with Crippen LogP contribution in [0.4, 0.5) is 0 Å². The van der Waals surface area contributed by atoms with Gasteiger partial charge in [-0.3, -0.25) is 0 Å². The molecule has 1 atom stereocenters. The van der Waals surface area contributed by atoms with E-state index in [-0.39, 0.29) is 6.04 Å². The second-order valence-corrected chi connectivity index (χ2v) is 7.69. The van der Waals surface area contributed by atoms with Crippen LogP contribution in [-0.4, -0.2) is 74.3 Å². The first kappa shape index (κ1) is 15.2. The zero-order chi connectivity index (χ0) is 14.0. The average Bonchev–Trinajstić information content (AvgIpc) is 2.38. The van der Waals surface area contributed by atoms with Gasteiger partial charge in [-0.05, 0) is 39.3 Å². The fourth-order valence-corrected chi connectivity index (χ4v) is 4.79. The van der Waals surface area contributed by atoms with Gasteiger partial charge in [0.25, 0.3) is 10.2 Å². The summed E-state index contributed by atoms with van der Waals surface area (Å²) in [6, 6.07) is 0.0518. The molecular formula is C12H26N4O2S. The highest BCUT2D eigenvalue weighted by atomic mass is 32.2. The molecule has 2 heterocycles. The van der Waals surface area contributed by atoms with Crippen molar-refractivity contribution < 1.29 is 8.42 Å². The maximum Gasteiger partial charge on any atom is 0.282 e. The predicted molar refractivity (Wildman–Crippen MR) is 75.9 cm³/mol. The van der Waals surface area contributed by atoms with E-state index >= 15 is 0 Å². The van der Waals surface area contributed by atoms with E-state index in [9.17, 15) is 8.42 Å². The van der Waals surface area contributed by atoms with E-state index in [2.05, 4.69) is 4.90 Å². The fraction of sp³-hybridized carbons (Fsp3) is 1.00. The molecule has 2 N–H and O–H groups in total. The number of rotatable bonds is 3. The molecule has 0 aliphatic carbocycles. The maximum atomic E-state index is 12.7. The van der Waals surface area contributed by atoms with Crippen LogP contribution in [0.25, 0.3) is 0 Å². The summed E-state index contributed by atoms with van der Waals surface area (Å²) in [5.74, 6) is 0.483. The number of piperazine rings is 1. The van der Waals surface area contributed by atoms with Gasteiger partial charge in [-0.25, -0.2) is 0 Å². The molecule has 0 amide bonds. The highest BCUT2D eigenvalue weighted by Crippen LogP contribution is 2.23. The lowest BCUT2D eigenvalue weighted by Gasteiger charge is -2.41. The molecule has 0 radical (unpaired) electrons. The zero-order valence-electron chi connectivity index (χ0n) is 12.0. The molecule has 0 aromatic carbocycles. The molecular weight excluding hydrogens is 264 g/mol. The summed E-state index contributed by atoms with van der Waals surface area (Å²) < 4.78 is 28.6. The van der Waals surface area contributed by atoms with Crippen LogP contribution in [0.15, 0.2) is 0 Å². The Morgan fingerprint density at radius 2 is 1.79 bits per heavy atom. The third-order valence-electron chi connectivity index (χ3n) is 4.30. The Morgan fingerprint density at radius 3 is 2.32 bits per heavy atom. The number of nitrogens with zero attached hydrogens (tertiary/aromatic N) is 3. The Balaban J connectivity index is 2.02. The average molecular weight is 290 g/mol. The van der Waals surface area contributed by atoms with Crippen molar-refractivity contribution in [2.75, 3.05) is 46.3 Å². The number of likely N-dealkylation sites (N-methyl/N-ethyl adjacent to an activating group) is 1. The van der Waals surface area contributed by atoms with E-state index in [0.29, 0.717) is 32.1 Å². The molecule has 1 unspecified atom stereocenters. The lowest BCUT2D eigenvalue weighted by molar-refractivity contribution is 0.156. The van der Waals surface area contributed by atoms with Crippen molar-refractivity contribution in [3.8, 4) is 0 Å². The van der Waals surface area contributed by atoms with Crippen LogP contribution >= 0.6 is 0 Å². The van der Waals surface area contributed by atoms with Crippen LogP contribution in [-0.2, 0) is 10.2 Å². The van der Waals surface area contributed by atoms with E-state index in [0.717, 1.165) is 25.9 Å². The van der Waals surface area contributed by atoms with Crippen molar-refractivity contribution in [1.29, 1.82) is 0 Å². The van der Waals surface area contributed by atoms with Crippen LogP contribution in [0.3, 0.4) is 0 Å². The molecule has 2 fully saturated rings. The number of hydrogen-bond donors (Lipinski definition) is 1. The van der Waals surface area contributed by atoms with Crippen LogP contribution in [0.1, 0.15) is 19.8 Å². The summed E-state index contributed by atoms with van der Waals surface area (Å²) in [4.78, 5) is 2.18. The summed E-state index contributed by atoms with van der Waals surface area (Å²) in [5, 5.41) is 0. The molecule has 19 heavy (non-hydrogen) atoms. The van der Waals surface area contributed by atoms with Crippen molar-refractivity contribution in [3.63, 3.8) is 0 Å². The molecule has 0 saturated carbocycles. The van der Waals surface area contributed by atoms with E-state index in [1.54, 1.807) is 8.61 Å². The van der Waals surface area contributed by atoms with E-state index in [1.807, 2.05) is 14.0 Å². The minimum atomic E-state index is -3.29. The summed E-state index contributed by atoms with van der Waals surface area (Å²) in [6.45, 7) is 6.09. The molecule has 0 aromatic rings. The Labute approximate surface area is 116 Å². The highest BCUT2D eigenvalue weighted by molar-refractivity contribution is 7.86. The molecule has 6 nitrogen and oxygen atoms in total. The molecule has 7 heteroatoms. The minimum Gasteiger partial charge on any atom is -0.330 e. The van der Waals surface area contributed by atoms with E-state index < -0.39 is 10.2 Å². The van der Waals surface area contributed by atoms with E-state index in [1.165, 1.54) is 0 Å². The van der Waals surface area contributed by atoms with Crippen LogP contribution in [0, 0.1) is 5.92 Å². The second-order valence-electron chi connectivity index (χ2n) is 5.81. The van der Waals surface area contributed by atoms with Crippen LogP contribution in [0.5, 0.6) is 0 Å². The van der Waals surface area contributed by atoms with Crippen LogP contribution in [0.2, 0.25) is 0 Å². The van der Waals surface area contributed by atoms with Crippen LogP contribution < -0.4 is 5.73 Å². The molecule has 112 valence electrons. The van der Waals surface area contributed by atoms with Gasteiger partial charge < -0.3 is 10.6 Å². The lowest BCUT2D eigenvalue weighted by Crippen LogP contribution is -2.57. The number of piperidine rings is 1. The Hall–Kier alpha value is -0.210. The third kappa shape index (κ3) is 3.28. The quantitative estimate of drug-likeness (QED) is 0.763. The number of hydrogen-bond acceptors (Lipinski definition) is 4. The Bertz CT molecular complexity index is 393. The van der Waals surface area contributed by atoms with Crippen molar-refractivity contribution in [2.24, 2.45) is 11.7 Å². The third-order valence-corrected chi connectivity index (χ3v) is 6.45. The first-order valence-corrected chi connectivity index (χ1v) is 8.50. The monoisotopic (exact) mass is 290 g/mol. The molecule has 2 rings (SSSR count). The van der Waals surface area contributed by atoms with Gasteiger partial charge in [0.2, 0.25) is 0 Å². The van der Waals surface area contributed by atoms with Gasteiger partial charge in [-0.2, -0.15) is 17.0 Å².